The van der Waals surface area contributed by atoms with Gasteiger partial charge in [0.25, 0.3) is 0 Å². The first-order valence-electron chi connectivity index (χ1n) is 6.60. The summed E-state index contributed by atoms with van der Waals surface area (Å²) in [6.45, 7) is 8.56. The molecule has 1 aliphatic heterocycles. The van der Waals surface area contributed by atoms with E-state index in [1.807, 2.05) is 32.2 Å². The zero-order valence-corrected chi connectivity index (χ0v) is 12.8. The highest BCUT2D eigenvalue weighted by Crippen LogP contribution is 2.30. The van der Waals surface area contributed by atoms with Crippen molar-refractivity contribution in [2.24, 2.45) is 5.92 Å². The van der Waals surface area contributed by atoms with Gasteiger partial charge < -0.3 is 4.74 Å². The fourth-order valence-corrected chi connectivity index (χ4v) is 2.73. The molecule has 1 amide bonds. The van der Waals surface area contributed by atoms with E-state index < -0.39 is 5.60 Å². The first-order valence-corrected chi connectivity index (χ1v) is 7.54. The van der Waals surface area contributed by atoms with Crippen LogP contribution in [0.25, 0.3) is 5.70 Å². The number of rotatable bonds is 1. The van der Waals surface area contributed by atoms with Crippen molar-refractivity contribution in [2.45, 2.75) is 39.7 Å². The predicted molar refractivity (Wildman–Crippen MR) is 79.0 cm³/mol. The minimum Gasteiger partial charge on any atom is -0.443 e. The third-order valence-electron chi connectivity index (χ3n) is 2.93. The molecule has 0 aromatic carbocycles. The Balaban J connectivity index is 2.23. The van der Waals surface area contributed by atoms with Crippen LogP contribution in [0.3, 0.4) is 0 Å². The van der Waals surface area contributed by atoms with E-state index >= 15 is 0 Å². The summed E-state index contributed by atoms with van der Waals surface area (Å²) in [7, 11) is 0. The molecule has 0 bridgehead atoms. The van der Waals surface area contributed by atoms with Crippen molar-refractivity contribution in [2.75, 3.05) is 6.54 Å². The lowest BCUT2D eigenvalue weighted by Crippen LogP contribution is -2.39. The average Bonchev–Trinajstić information content (AvgIpc) is 2.80. The zero-order chi connectivity index (χ0) is 14.0. The molecule has 2 heterocycles. The van der Waals surface area contributed by atoms with E-state index in [-0.39, 0.29) is 6.09 Å². The molecule has 0 spiro atoms. The summed E-state index contributed by atoms with van der Waals surface area (Å²) < 4.78 is 5.50. The third-order valence-corrected chi connectivity index (χ3v) is 3.61. The molecule has 0 N–H and O–H groups in total. The molecule has 0 fully saturated rings. The number of thiophene rings is 1. The molecule has 0 saturated heterocycles. The predicted octanol–water partition coefficient (Wildman–Crippen LogP) is 4.37. The van der Waals surface area contributed by atoms with Crippen LogP contribution < -0.4 is 0 Å². The van der Waals surface area contributed by atoms with Crippen molar-refractivity contribution < 1.29 is 9.53 Å². The molecule has 1 aromatic heterocycles. The Morgan fingerprint density at radius 2 is 2.21 bits per heavy atom. The molecule has 1 aromatic rings. The Hall–Kier alpha value is -1.29. The molecule has 1 aliphatic rings. The first kappa shape index (κ1) is 14.1. The lowest BCUT2D eigenvalue weighted by Gasteiger charge is -2.33. The van der Waals surface area contributed by atoms with Crippen LogP contribution in [0.15, 0.2) is 22.9 Å². The van der Waals surface area contributed by atoms with E-state index in [1.165, 1.54) is 0 Å². The van der Waals surface area contributed by atoms with E-state index in [4.69, 9.17) is 4.74 Å². The van der Waals surface area contributed by atoms with Gasteiger partial charge >= 0.3 is 6.09 Å². The molecular weight excluding hydrogens is 258 g/mol. The second-order valence-electron chi connectivity index (χ2n) is 6.03. The molecule has 3 nitrogen and oxygen atoms in total. The van der Waals surface area contributed by atoms with Crippen molar-refractivity contribution in [1.82, 2.24) is 4.90 Å². The molecule has 0 radical (unpaired) electrons. The second kappa shape index (κ2) is 5.37. The fourth-order valence-electron chi connectivity index (χ4n) is 2.08. The molecule has 0 unspecified atom stereocenters. The van der Waals surface area contributed by atoms with Gasteiger partial charge in [-0.3, -0.25) is 4.90 Å². The van der Waals surface area contributed by atoms with Gasteiger partial charge in [0.15, 0.2) is 0 Å². The number of allylic oxidation sites excluding steroid dienone is 1. The van der Waals surface area contributed by atoms with Gasteiger partial charge in [0.1, 0.15) is 5.60 Å². The van der Waals surface area contributed by atoms with E-state index in [1.54, 1.807) is 16.2 Å². The summed E-state index contributed by atoms with van der Waals surface area (Å²) in [5.74, 6) is 0.468. The zero-order valence-electron chi connectivity index (χ0n) is 12.0. The fraction of sp³-hybridized carbons (Fsp3) is 0.533. The molecule has 0 aliphatic carbocycles. The highest BCUT2D eigenvalue weighted by Gasteiger charge is 2.29. The summed E-state index contributed by atoms with van der Waals surface area (Å²) in [4.78, 5) is 14.1. The molecule has 4 heteroatoms. The SMILES string of the molecule is C[C@H]1CC=C(c2ccsc2)N(C(=O)OC(C)(C)C)C1. The number of carbonyl (C=O) groups is 1. The second-order valence-corrected chi connectivity index (χ2v) is 6.81. The summed E-state index contributed by atoms with van der Waals surface area (Å²) in [6, 6.07) is 2.05. The Morgan fingerprint density at radius 1 is 1.47 bits per heavy atom. The first-order chi connectivity index (χ1) is 8.87. The van der Waals surface area contributed by atoms with Gasteiger partial charge in [-0.15, -0.1) is 0 Å². The van der Waals surface area contributed by atoms with Crippen LogP contribution in [0, 0.1) is 5.92 Å². The Kier molecular flexibility index (Phi) is 3.99. The quantitative estimate of drug-likeness (QED) is 0.764. The number of amides is 1. The third kappa shape index (κ3) is 3.60. The van der Waals surface area contributed by atoms with Crippen LogP contribution in [-0.4, -0.2) is 23.1 Å². The van der Waals surface area contributed by atoms with Crippen molar-refractivity contribution in [1.29, 1.82) is 0 Å². The molecule has 0 saturated carbocycles. The van der Waals surface area contributed by atoms with Crippen molar-refractivity contribution in [3.63, 3.8) is 0 Å². The number of hydrogen-bond acceptors (Lipinski definition) is 3. The topological polar surface area (TPSA) is 29.5 Å². The number of hydrogen-bond donors (Lipinski definition) is 0. The molecule has 104 valence electrons. The summed E-state index contributed by atoms with van der Waals surface area (Å²) >= 11 is 1.64. The van der Waals surface area contributed by atoms with Gasteiger partial charge in [0.05, 0.1) is 5.70 Å². The van der Waals surface area contributed by atoms with Crippen LogP contribution in [0.5, 0.6) is 0 Å². The summed E-state index contributed by atoms with van der Waals surface area (Å²) in [6.07, 6.45) is 2.89. The van der Waals surface area contributed by atoms with Crippen LogP contribution in [-0.2, 0) is 4.74 Å². The van der Waals surface area contributed by atoms with Crippen molar-refractivity contribution >= 4 is 23.1 Å². The number of ether oxygens (including phenoxy) is 1. The van der Waals surface area contributed by atoms with Gasteiger partial charge in [-0.1, -0.05) is 13.0 Å². The maximum atomic E-state index is 12.3. The van der Waals surface area contributed by atoms with Crippen molar-refractivity contribution in [3.8, 4) is 0 Å². The largest absolute Gasteiger partial charge is 0.443 e. The van der Waals surface area contributed by atoms with Gasteiger partial charge in [-0.2, -0.15) is 11.3 Å². The summed E-state index contributed by atoms with van der Waals surface area (Å²) in [5, 5.41) is 4.10. The van der Waals surface area contributed by atoms with Gasteiger partial charge in [-0.05, 0) is 44.6 Å². The number of carbonyl (C=O) groups excluding carboxylic acids is 1. The molecular formula is C15H21NO2S. The van der Waals surface area contributed by atoms with E-state index in [2.05, 4.69) is 18.4 Å². The monoisotopic (exact) mass is 279 g/mol. The Morgan fingerprint density at radius 3 is 2.79 bits per heavy atom. The summed E-state index contributed by atoms with van der Waals surface area (Å²) in [5.41, 5.74) is 1.62. The Bertz CT molecular complexity index is 471. The van der Waals surface area contributed by atoms with Crippen LogP contribution >= 0.6 is 11.3 Å². The van der Waals surface area contributed by atoms with Crippen molar-refractivity contribution in [3.05, 3.63) is 28.5 Å². The van der Waals surface area contributed by atoms with Crippen LogP contribution in [0.1, 0.15) is 39.7 Å². The Labute approximate surface area is 118 Å². The normalized spacial score (nSPS) is 20.1. The lowest BCUT2D eigenvalue weighted by atomic mass is 10.00. The minimum absolute atomic E-state index is 0.253. The highest BCUT2D eigenvalue weighted by atomic mass is 32.1. The van der Waals surface area contributed by atoms with Gasteiger partial charge in [0.2, 0.25) is 0 Å². The average molecular weight is 279 g/mol. The van der Waals surface area contributed by atoms with Crippen LogP contribution in [0.2, 0.25) is 0 Å². The standard InChI is InChI=1S/C15H21NO2S/c1-11-5-6-13(12-7-8-19-10-12)16(9-11)14(17)18-15(2,3)4/h6-8,10-11H,5,9H2,1-4H3/t11-/m0/s1. The van der Waals surface area contributed by atoms with E-state index in [0.717, 1.165) is 24.2 Å². The lowest BCUT2D eigenvalue weighted by molar-refractivity contribution is 0.0327. The maximum absolute atomic E-state index is 12.3. The van der Waals surface area contributed by atoms with Gasteiger partial charge in [0, 0.05) is 17.5 Å². The molecule has 2 rings (SSSR count). The maximum Gasteiger partial charge on any atom is 0.414 e. The van der Waals surface area contributed by atoms with E-state index in [0.29, 0.717) is 5.92 Å². The molecule has 1 atom stereocenters. The highest BCUT2D eigenvalue weighted by molar-refractivity contribution is 7.08. The smallest absolute Gasteiger partial charge is 0.414 e. The minimum atomic E-state index is -0.461. The van der Waals surface area contributed by atoms with Gasteiger partial charge in [-0.25, -0.2) is 4.79 Å². The van der Waals surface area contributed by atoms with Crippen LogP contribution in [0.4, 0.5) is 4.79 Å². The number of nitrogens with zero attached hydrogens (tertiary/aromatic N) is 1. The molecule has 19 heavy (non-hydrogen) atoms. The van der Waals surface area contributed by atoms with E-state index in [9.17, 15) is 4.79 Å².